The van der Waals surface area contributed by atoms with E-state index in [1.807, 2.05) is 24.7 Å². The topological polar surface area (TPSA) is 72.9 Å². The van der Waals surface area contributed by atoms with Gasteiger partial charge in [0.1, 0.15) is 11.5 Å². The van der Waals surface area contributed by atoms with E-state index in [2.05, 4.69) is 27.1 Å². The molecule has 0 saturated heterocycles. The summed E-state index contributed by atoms with van der Waals surface area (Å²) >= 11 is 0. The lowest BCUT2D eigenvalue weighted by Crippen LogP contribution is -2.31. The second-order valence-corrected chi connectivity index (χ2v) is 4.32. The van der Waals surface area contributed by atoms with Gasteiger partial charge in [0, 0.05) is 13.2 Å². The Bertz CT molecular complexity index is 588. The molecule has 2 aromatic heterocycles. The summed E-state index contributed by atoms with van der Waals surface area (Å²) in [4.78, 5) is 6.25. The summed E-state index contributed by atoms with van der Waals surface area (Å²) in [7, 11) is 2.01. The van der Waals surface area contributed by atoms with Crippen LogP contribution in [0.25, 0.3) is 5.69 Å². The Hall–Kier alpha value is -2.11. The second kappa shape index (κ2) is 3.19. The fourth-order valence-corrected chi connectivity index (χ4v) is 2.39. The zero-order valence-electron chi connectivity index (χ0n) is 10.0. The molecule has 1 unspecified atom stereocenters. The highest BCUT2D eigenvalue weighted by molar-refractivity contribution is 5.76. The maximum atomic E-state index is 5.94. The Morgan fingerprint density at radius 3 is 2.94 bits per heavy atom. The van der Waals surface area contributed by atoms with E-state index in [1.54, 1.807) is 6.20 Å². The Morgan fingerprint density at radius 2 is 2.18 bits per heavy atom. The molecule has 0 saturated carbocycles. The summed E-state index contributed by atoms with van der Waals surface area (Å²) < 4.78 is 1.85. The molecule has 0 amide bonds. The van der Waals surface area contributed by atoms with Crippen LogP contribution in [0.4, 0.5) is 11.5 Å². The van der Waals surface area contributed by atoms with Gasteiger partial charge in [0.25, 0.3) is 0 Å². The summed E-state index contributed by atoms with van der Waals surface area (Å²) in [5.74, 6) is 0.524. The zero-order chi connectivity index (χ0) is 12.2. The molecule has 0 aromatic carbocycles. The number of fused-ring (bicyclic) bond motifs is 3. The average molecular weight is 230 g/mol. The van der Waals surface area contributed by atoms with E-state index >= 15 is 0 Å². The third-order valence-corrected chi connectivity index (χ3v) is 3.37. The van der Waals surface area contributed by atoms with Crippen LogP contribution in [-0.4, -0.2) is 27.0 Å². The quantitative estimate of drug-likeness (QED) is 0.732. The van der Waals surface area contributed by atoms with Crippen LogP contribution >= 0.6 is 0 Å². The van der Waals surface area contributed by atoms with Crippen molar-refractivity contribution < 1.29 is 0 Å². The highest BCUT2D eigenvalue weighted by Gasteiger charge is 2.30. The summed E-state index contributed by atoms with van der Waals surface area (Å²) in [6.07, 6.45) is 1.69. The predicted molar refractivity (Wildman–Crippen MR) is 65.1 cm³/mol. The van der Waals surface area contributed by atoms with Crippen LogP contribution in [0.3, 0.4) is 0 Å². The number of nitrogen functional groups attached to an aromatic ring is 1. The SMILES string of the molecule is Cc1nnn2c1C(C)N(C)c1c-2ccnc1N. The Morgan fingerprint density at radius 1 is 1.41 bits per heavy atom. The molecule has 0 fully saturated rings. The fraction of sp³-hybridized carbons (Fsp3) is 0.364. The Balaban J connectivity index is 2.37. The van der Waals surface area contributed by atoms with Crippen molar-refractivity contribution in [1.29, 1.82) is 0 Å². The second-order valence-electron chi connectivity index (χ2n) is 4.32. The molecular weight excluding hydrogens is 216 g/mol. The molecule has 1 aliphatic heterocycles. The lowest BCUT2D eigenvalue weighted by atomic mass is 10.1. The van der Waals surface area contributed by atoms with Crippen molar-refractivity contribution in [1.82, 2.24) is 20.0 Å². The van der Waals surface area contributed by atoms with Gasteiger partial charge in [-0.25, -0.2) is 9.67 Å². The van der Waals surface area contributed by atoms with Gasteiger partial charge in [-0.05, 0) is 19.9 Å². The van der Waals surface area contributed by atoms with E-state index in [-0.39, 0.29) is 6.04 Å². The number of hydrogen-bond acceptors (Lipinski definition) is 5. The summed E-state index contributed by atoms with van der Waals surface area (Å²) in [5.41, 5.74) is 9.85. The van der Waals surface area contributed by atoms with Gasteiger partial charge in [-0.15, -0.1) is 5.10 Å². The molecule has 6 heteroatoms. The van der Waals surface area contributed by atoms with Crippen LogP contribution in [0.5, 0.6) is 0 Å². The molecule has 6 nitrogen and oxygen atoms in total. The van der Waals surface area contributed by atoms with Crippen molar-refractivity contribution in [3.05, 3.63) is 23.7 Å². The number of nitrogens with two attached hydrogens (primary N) is 1. The van der Waals surface area contributed by atoms with Crippen LogP contribution in [0.1, 0.15) is 24.4 Å². The monoisotopic (exact) mass is 230 g/mol. The smallest absolute Gasteiger partial charge is 0.149 e. The highest BCUT2D eigenvalue weighted by atomic mass is 15.5. The first-order chi connectivity index (χ1) is 8.11. The zero-order valence-corrected chi connectivity index (χ0v) is 10.0. The minimum atomic E-state index is 0.184. The molecule has 1 aliphatic rings. The lowest BCUT2D eigenvalue weighted by molar-refractivity contribution is 0.630. The van der Waals surface area contributed by atoms with Crippen molar-refractivity contribution in [2.75, 3.05) is 17.7 Å². The average Bonchev–Trinajstić information content (AvgIpc) is 2.68. The van der Waals surface area contributed by atoms with E-state index in [9.17, 15) is 0 Å². The summed E-state index contributed by atoms with van der Waals surface area (Å²) in [6.45, 7) is 4.08. The number of aryl methyl sites for hydroxylation is 1. The Labute approximate surface area is 99.1 Å². The van der Waals surface area contributed by atoms with Crippen LogP contribution in [0.15, 0.2) is 12.3 Å². The van der Waals surface area contributed by atoms with Gasteiger partial charge in [-0.1, -0.05) is 5.21 Å². The number of hydrogen-bond donors (Lipinski definition) is 1. The molecule has 0 aliphatic carbocycles. The van der Waals surface area contributed by atoms with Gasteiger partial charge < -0.3 is 10.6 Å². The number of nitrogens with zero attached hydrogens (tertiary/aromatic N) is 5. The largest absolute Gasteiger partial charge is 0.382 e. The Kier molecular flexibility index (Phi) is 1.89. The van der Waals surface area contributed by atoms with Crippen molar-refractivity contribution in [2.24, 2.45) is 0 Å². The van der Waals surface area contributed by atoms with Gasteiger partial charge in [-0.3, -0.25) is 0 Å². The third kappa shape index (κ3) is 1.17. The van der Waals surface area contributed by atoms with E-state index in [4.69, 9.17) is 5.73 Å². The van der Waals surface area contributed by atoms with E-state index in [0.29, 0.717) is 5.82 Å². The van der Waals surface area contributed by atoms with E-state index < -0.39 is 0 Å². The normalized spacial score (nSPS) is 17.8. The van der Waals surface area contributed by atoms with E-state index in [1.165, 1.54) is 0 Å². The lowest BCUT2D eigenvalue weighted by Gasteiger charge is -2.34. The number of anilines is 2. The first-order valence-electron chi connectivity index (χ1n) is 5.51. The molecule has 3 heterocycles. The number of pyridine rings is 1. The first kappa shape index (κ1) is 10.1. The molecule has 3 rings (SSSR count). The molecule has 88 valence electrons. The molecule has 2 aromatic rings. The van der Waals surface area contributed by atoms with Gasteiger partial charge in [0.2, 0.25) is 0 Å². The van der Waals surface area contributed by atoms with Crippen molar-refractivity contribution in [3.8, 4) is 5.69 Å². The minimum Gasteiger partial charge on any atom is -0.382 e. The standard InChI is InChI=1S/C11H14N6/c1-6-9-7(2)16(3)10-8(17(9)15-14-6)4-5-13-11(10)12/h4-5,7H,1-3H3,(H2,12,13). The van der Waals surface area contributed by atoms with Gasteiger partial charge in [0.05, 0.1) is 23.1 Å². The summed E-state index contributed by atoms with van der Waals surface area (Å²) in [6, 6.07) is 2.09. The molecule has 17 heavy (non-hydrogen) atoms. The van der Waals surface area contributed by atoms with Crippen LogP contribution in [0, 0.1) is 6.92 Å². The van der Waals surface area contributed by atoms with Crippen LogP contribution < -0.4 is 10.6 Å². The van der Waals surface area contributed by atoms with Gasteiger partial charge >= 0.3 is 0 Å². The van der Waals surface area contributed by atoms with Gasteiger partial charge in [0.15, 0.2) is 0 Å². The number of rotatable bonds is 0. The molecule has 0 radical (unpaired) electrons. The third-order valence-electron chi connectivity index (χ3n) is 3.37. The minimum absolute atomic E-state index is 0.184. The molecule has 0 spiro atoms. The molecule has 1 atom stereocenters. The van der Waals surface area contributed by atoms with Crippen molar-refractivity contribution in [3.63, 3.8) is 0 Å². The maximum absolute atomic E-state index is 5.94. The van der Waals surface area contributed by atoms with E-state index in [0.717, 1.165) is 22.8 Å². The molecule has 2 N–H and O–H groups in total. The predicted octanol–water partition coefficient (Wildman–Crippen LogP) is 1.06. The maximum Gasteiger partial charge on any atom is 0.149 e. The number of aromatic nitrogens is 4. The van der Waals surface area contributed by atoms with Gasteiger partial charge in [-0.2, -0.15) is 0 Å². The first-order valence-corrected chi connectivity index (χ1v) is 5.51. The van der Waals surface area contributed by atoms with Crippen LogP contribution in [0.2, 0.25) is 0 Å². The van der Waals surface area contributed by atoms with Crippen molar-refractivity contribution >= 4 is 11.5 Å². The van der Waals surface area contributed by atoms with Crippen molar-refractivity contribution in [2.45, 2.75) is 19.9 Å². The molecule has 0 bridgehead atoms. The highest BCUT2D eigenvalue weighted by Crippen LogP contribution is 2.39. The fourth-order valence-electron chi connectivity index (χ4n) is 2.39. The molecular formula is C11H14N6. The summed E-state index contributed by atoms with van der Waals surface area (Å²) in [5, 5.41) is 8.32. The van der Waals surface area contributed by atoms with Crippen LogP contribution in [-0.2, 0) is 0 Å².